The fourth-order valence-electron chi connectivity index (χ4n) is 4.78. The molecule has 0 aromatic rings. The van der Waals surface area contributed by atoms with E-state index in [1.807, 2.05) is 0 Å². The Bertz CT molecular complexity index is 296. The van der Waals surface area contributed by atoms with Crippen LogP contribution in [0.5, 0.6) is 0 Å². The van der Waals surface area contributed by atoms with Gasteiger partial charge in [-0.1, -0.05) is 12.8 Å². The van der Waals surface area contributed by atoms with Crippen molar-refractivity contribution in [2.24, 2.45) is 11.1 Å². The van der Waals surface area contributed by atoms with Crippen LogP contribution in [0.3, 0.4) is 0 Å². The zero-order valence-electron chi connectivity index (χ0n) is 12.5. The maximum atomic E-state index is 6.11. The van der Waals surface area contributed by atoms with Crippen LogP contribution in [0, 0.1) is 5.41 Å². The van der Waals surface area contributed by atoms with Crippen LogP contribution in [0.15, 0.2) is 0 Å². The predicted octanol–water partition coefficient (Wildman–Crippen LogP) is 2.54. The third kappa shape index (κ3) is 2.45. The van der Waals surface area contributed by atoms with Crippen molar-refractivity contribution < 1.29 is 4.74 Å². The van der Waals surface area contributed by atoms with Crippen LogP contribution in [0.1, 0.15) is 58.3 Å². The van der Waals surface area contributed by atoms with E-state index in [-0.39, 0.29) is 5.54 Å². The minimum Gasteiger partial charge on any atom is -0.378 e. The third-order valence-corrected chi connectivity index (χ3v) is 6.16. The van der Waals surface area contributed by atoms with Crippen molar-refractivity contribution in [3.63, 3.8) is 0 Å². The molecule has 3 fully saturated rings. The topological polar surface area (TPSA) is 38.5 Å². The average molecular weight is 266 g/mol. The Hall–Kier alpha value is -0.120. The molecule has 110 valence electrons. The van der Waals surface area contributed by atoms with E-state index in [1.165, 1.54) is 51.6 Å². The second kappa shape index (κ2) is 5.34. The first kappa shape index (κ1) is 13.8. The van der Waals surface area contributed by atoms with Crippen molar-refractivity contribution >= 4 is 0 Å². The van der Waals surface area contributed by atoms with Gasteiger partial charge in [0.1, 0.15) is 0 Å². The summed E-state index contributed by atoms with van der Waals surface area (Å²) >= 11 is 0. The predicted molar refractivity (Wildman–Crippen MR) is 78.1 cm³/mol. The summed E-state index contributed by atoms with van der Waals surface area (Å²) in [6, 6.07) is 0. The fraction of sp³-hybridized carbons (Fsp3) is 1.00. The molecule has 0 aromatic heterocycles. The summed E-state index contributed by atoms with van der Waals surface area (Å²) in [4.78, 5) is 2.70. The van der Waals surface area contributed by atoms with E-state index in [4.69, 9.17) is 10.5 Å². The number of hydrogen-bond acceptors (Lipinski definition) is 3. The van der Waals surface area contributed by atoms with Gasteiger partial charge in [-0.05, 0) is 64.0 Å². The normalized spacial score (nSPS) is 38.5. The van der Waals surface area contributed by atoms with E-state index >= 15 is 0 Å². The molecule has 3 nitrogen and oxygen atoms in total. The molecule has 1 aliphatic heterocycles. The van der Waals surface area contributed by atoms with Crippen LogP contribution in [0.25, 0.3) is 0 Å². The molecule has 1 spiro atoms. The van der Waals surface area contributed by atoms with Gasteiger partial charge in [0.15, 0.2) is 0 Å². The lowest BCUT2D eigenvalue weighted by Gasteiger charge is -2.56. The molecule has 3 aliphatic rings. The molecule has 0 bridgehead atoms. The van der Waals surface area contributed by atoms with Crippen LogP contribution in [0.4, 0.5) is 0 Å². The van der Waals surface area contributed by atoms with Gasteiger partial charge in [0.05, 0.1) is 6.10 Å². The summed E-state index contributed by atoms with van der Waals surface area (Å²) in [5, 5.41) is 0. The highest BCUT2D eigenvalue weighted by atomic mass is 16.5. The standard InChI is InChI=1S/C16H30N2O/c1-2-19-14-11-16(12-14,13-17)18-9-7-15(8-10-18)5-3-4-6-15/h14H,2-13,17H2,1H3. The molecule has 2 N–H and O–H groups in total. The molecule has 2 saturated carbocycles. The number of hydrogen-bond donors (Lipinski definition) is 1. The first-order valence-electron chi connectivity index (χ1n) is 8.29. The number of likely N-dealkylation sites (tertiary alicyclic amines) is 1. The molecule has 1 heterocycles. The maximum Gasteiger partial charge on any atom is 0.0611 e. The van der Waals surface area contributed by atoms with Gasteiger partial charge >= 0.3 is 0 Å². The highest BCUT2D eigenvalue weighted by molar-refractivity contribution is 5.06. The zero-order chi connectivity index (χ0) is 13.3. The first-order valence-corrected chi connectivity index (χ1v) is 8.29. The lowest BCUT2D eigenvalue weighted by molar-refractivity contribution is -0.113. The van der Waals surface area contributed by atoms with Gasteiger partial charge in [-0.3, -0.25) is 4.90 Å². The van der Waals surface area contributed by atoms with Gasteiger partial charge in [0.25, 0.3) is 0 Å². The maximum absolute atomic E-state index is 6.11. The number of rotatable bonds is 4. The van der Waals surface area contributed by atoms with Crippen LogP contribution in [-0.4, -0.2) is 42.8 Å². The number of piperidine rings is 1. The van der Waals surface area contributed by atoms with Crippen molar-refractivity contribution in [2.75, 3.05) is 26.2 Å². The molecule has 0 radical (unpaired) electrons. The van der Waals surface area contributed by atoms with Crippen LogP contribution < -0.4 is 5.73 Å². The summed E-state index contributed by atoms with van der Waals surface area (Å²) in [6.07, 6.45) is 11.5. The summed E-state index contributed by atoms with van der Waals surface area (Å²) in [6.45, 7) is 6.29. The van der Waals surface area contributed by atoms with Crippen molar-refractivity contribution in [1.29, 1.82) is 0 Å². The Balaban J connectivity index is 1.55. The van der Waals surface area contributed by atoms with Crippen molar-refractivity contribution in [3.05, 3.63) is 0 Å². The molecule has 0 atom stereocenters. The quantitative estimate of drug-likeness (QED) is 0.850. The lowest BCUT2D eigenvalue weighted by atomic mass is 9.69. The SMILES string of the molecule is CCOC1CC(CN)(N2CCC3(CCCC3)CC2)C1. The number of nitrogens with two attached hydrogens (primary N) is 1. The van der Waals surface area contributed by atoms with E-state index in [2.05, 4.69) is 11.8 Å². The molecule has 3 heteroatoms. The minimum atomic E-state index is 0.278. The molecule has 0 aromatic carbocycles. The Labute approximate surface area is 117 Å². The zero-order valence-corrected chi connectivity index (χ0v) is 12.5. The van der Waals surface area contributed by atoms with Crippen LogP contribution >= 0.6 is 0 Å². The van der Waals surface area contributed by atoms with E-state index in [0.29, 0.717) is 6.10 Å². The summed E-state index contributed by atoms with van der Waals surface area (Å²) in [5.41, 5.74) is 7.10. The molecule has 0 amide bonds. The highest BCUT2D eigenvalue weighted by Crippen LogP contribution is 2.49. The molecular formula is C16H30N2O. The van der Waals surface area contributed by atoms with E-state index < -0.39 is 0 Å². The largest absolute Gasteiger partial charge is 0.378 e. The summed E-state index contributed by atoms with van der Waals surface area (Å²) in [7, 11) is 0. The molecular weight excluding hydrogens is 236 g/mol. The van der Waals surface area contributed by atoms with Gasteiger partial charge in [0, 0.05) is 18.7 Å². The lowest BCUT2D eigenvalue weighted by Crippen LogP contribution is -2.65. The van der Waals surface area contributed by atoms with E-state index in [0.717, 1.165) is 31.4 Å². The van der Waals surface area contributed by atoms with Crippen molar-refractivity contribution in [3.8, 4) is 0 Å². The van der Waals surface area contributed by atoms with Gasteiger partial charge in [-0.2, -0.15) is 0 Å². The first-order chi connectivity index (χ1) is 9.22. The van der Waals surface area contributed by atoms with Crippen molar-refractivity contribution in [2.45, 2.75) is 69.9 Å². The minimum absolute atomic E-state index is 0.278. The second-order valence-electron chi connectivity index (χ2n) is 7.11. The highest BCUT2D eigenvalue weighted by Gasteiger charge is 2.50. The van der Waals surface area contributed by atoms with E-state index in [9.17, 15) is 0 Å². The molecule has 19 heavy (non-hydrogen) atoms. The van der Waals surface area contributed by atoms with Gasteiger partial charge in [0.2, 0.25) is 0 Å². The Kier molecular flexibility index (Phi) is 3.89. The number of nitrogens with zero attached hydrogens (tertiary/aromatic N) is 1. The van der Waals surface area contributed by atoms with Crippen LogP contribution in [-0.2, 0) is 4.74 Å². The summed E-state index contributed by atoms with van der Waals surface area (Å²) < 4.78 is 5.74. The Morgan fingerprint density at radius 1 is 1.11 bits per heavy atom. The number of ether oxygens (including phenoxy) is 1. The van der Waals surface area contributed by atoms with Crippen molar-refractivity contribution in [1.82, 2.24) is 4.90 Å². The van der Waals surface area contributed by atoms with E-state index in [1.54, 1.807) is 0 Å². The molecule has 2 aliphatic carbocycles. The monoisotopic (exact) mass is 266 g/mol. The average Bonchev–Trinajstić information content (AvgIpc) is 2.83. The molecule has 3 rings (SSSR count). The smallest absolute Gasteiger partial charge is 0.0611 e. The Morgan fingerprint density at radius 2 is 1.74 bits per heavy atom. The molecule has 1 saturated heterocycles. The second-order valence-corrected chi connectivity index (χ2v) is 7.11. The third-order valence-electron chi connectivity index (χ3n) is 6.16. The van der Waals surface area contributed by atoms with Gasteiger partial charge < -0.3 is 10.5 Å². The molecule has 0 unspecified atom stereocenters. The van der Waals surface area contributed by atoms with Crippen LogP contribution in [0.2, 0.25) is 0 Å². The fourth-order valence-corrected chi connectivity index (χ4v) is 4.78. The van der Waals surface area contributed by atoms with Gasteiger partial charge in [-0.15, -0.1) is 0 Å². The van der Waals surface area contributed by atoms with Gasteiger partial charge in [-0.25, -0.2) is 0 Å². The summed E-state index contributed by atoms with van der Waals surface area (Å²) in [5.74, 6) is 0. The Morgan fingerprint density at radius 3 is 2.26 bits per heavy atom.